The minimum atomic E-state index is -3.25. The van der Waals surface area contributed by atoms with Crippen molar-refractivity contribution in [2.45, 2.75) is 44.3 Å². The molecule has 19 heavy (non-hydrogen) atoms. The predicted molar refractivity (Wildman–Crippen MR) is 79.7 cm³/mol. The standard InChI is InChI=1S/C14H22N2O2S/c1-2-10-16(13-7-5-6-12(15)11-13)19(17,18)14-8-3-4-9-14/h5-7,11,14H,2-4,8-10,15H2,1H3. The van der Waals surface area contributed by atoms with Gasteiger partial charge in [0.2, 0.25) is 10.0 Å². The fourth-order valence-corrected chi connectivity index (χ4v) is 4.79. The van der Waals surface area contributed by atoms with Crippen molar-refractivity contribution < 1.29 is 8.42 Å². The van der Waals surface area contributed by atoms with E-state index in [9.17, 15) is 8.42 Å². The quantitative estimate of drug-likeness (QED) is 0.845. The topological polar surface area (TPSA) is 63.4 Å². The number of hydrogen-bond donors (Lipinski definition) is 1. The van der Waals surface area contributed by atoms with Crippen LogP contribution in [0, 0.1) is 0 Å². The molecule has 0 radical (unpaired) electrons. The van der Waals surface area contributed by atoms with E-state index < -0.39 is 10.0 Å². The van der Waals surface area contributed by atoms with Crippen LogP contribution in [0.3, 0.4) is 0 Å². The minimum absolute atomic E-state index is 0.222. The summed E-state index contributed by atoms with van der Waals surface area (Å²) in [6, 6.07) is 7.13. The third-order valence-electron chi connectivity index (χ3n) is 3.62. The van der Waals surface area contributed by atoms with E-state index >= 15 is 0 Å². The molecule has 1 aromatic rings. The van der Waals surface area contributed by atoms with Crippen molar-refractivity contribution in [1.29, 1.82) is 0 Å². The lowest BCUT2D eigenvalue weighted by Gasteiger charge is -2.27. The van der Waals surface area contributed by atoms with Crippen molar-refractivity contribution in [3.8, 4) is 0 Å². The van der Waals surface area contributed by atoms with E-state index in [1.807, 2.05) is 13.0 Å². The number of sulfonamides is 1. The van der Waals surface area contributed by atoms with Crippen LogP contribution in [0.15, 0.2) is 24.3 Å². The summed E-state index contributed by atoms with van der Waals surface area (Å²) in [4.78, 5) is 0. The van der Waals surface area contributed by atoms with Crippen LogP contribution in [0.5, 0.6) is 0 Å². The largest absolute Gasteiger partial charge is 0.399 e. The summed E-state index contributed by atoms with van der Waals surface area (Å²) in [7, 11) is -3.25. The Balaban J connectivity index is 2.34. The second-order valence-electron chi connectivity index (χ2n) is 5.12. The molecule has 106 valence electrons. The maximum atomic E-state index is 12.7. The number of nitrogen functional groups attached to an aromatic ring is 1. The van der Waals surface area contributed by atoms with Gasteiger partial charge in [0.25, 0.3) is 0 Å². The van der Waals surface area contributed by atoms with E-state index in [1.54, 1.807) is 22.5 Å². The van der Waals surface area contributed by atoms with Crippen LogP contribution in [-0.4, -0.2) is 20.2 Å². The first-order valence-corrected chi connectivity index (χ1v) is 8.43. The summed E-state index contributed by atoms with van der Waals surface area (Å²) in [5.74, 6) is 0. The highest BCUT2D eigenvalue weighted by atomic mass is 32.2. The lowest BCUT2D eigenvalue weighted by Crippen LogP contribution is -2.38. The van der Waals surface area contributed by atoms with E-state index in [0.717, 1.165) is 32.1 Å². The van der Waals surface area contributed by atoms with Crippen LogP contribution in [0.1, 0.15) is 39.0 Å². The molecule has 4 nitrogen and oxygen atoms in total. The van der Waals surface area contributed by atoms with Gasteiger partial charge in [0, 0.05) is 12.2 Å². The third kappa shape index (κ3) is 3.03. The second-order valence-corrected chi connectivity index (χ2v) is 7.26. The first kappa shape index (κ1) is 14.2. The molecule has 0 spiro atoms. The molecule has 0 unspecified atom stereocenters. The first-order chi connectivity index (χ1) is 9.05. The molecule has 0 aliphatic heterocycles. The molecule has 0 heterocycles. The maximum absolute atomic E-state index is 12.7. The average molecular weight is 282 g/mol. The third-order valence-corrected chi connectivity index (χ3v) is 5.94. The van der Waals surface area contributed by atoms with Crippen LogP contribution in [0.4, 0.5) is 11.4 Å². The van der Waals surface area contributed by atoms with Crippen LogP contribution in [0.2, 0.25) is 0 Å². The number of anilines is 2. The predicted octanol–water partition coefficient (Wildman–Crippen LogP) is 2.76. The Hall–Kier alpha value is -1.23. The van der Waals surface area contributed by atoms with E-state index in [4.69, 9.17) is 5.73 Å². The Morgan fingerprint density at radius 1 is 1.32 bits per heavy atom. The summed E-state index contributed by atoms with van der Waals surface area (Å²) < 4.78 is 27.0. The number of nitrogens with zero attached hydrogens (tertiary/aromatic N) is 1. The van der Waals surface area contributed by atoms with Crippen molar-refractivity contribution in [2.75, 3.05) is 16.6 Å². The van der Waals surface area contributed by atoms with Crippen molar-refractivity contribution in [3.63, 3.8) is 0 Å². The lowest BCUT2D eigenvalue weighted by molar-refractivity contribution is 0.573. The number of hydrogen-bond acceptors (Lipinski definition) is 3. The highest BCUT2D eigenvalue weighted by Gasteiger charge is 2.33. The van der Waals surface area contributed by atoms with Crippen molar-refractivity contribution in [1.82, 2.24) is 0 Å². The van der Waals surface area contributed by atoms with Crippen molar-refractivity contribution >= 4 is 21.4 Å². The van der Waals surface area contributed by atoms with E-state index in [1.165, 1.54) is 0 Å². The fraction of sp³-hybridized carbons (Fsp3) is 0.571. The number of rotatable bonds is 5. The van der Waals surface area contributed by atoms with E-state index in [2.05, 4.69) is 0 Å². The van der Waals surface area contributed by atoms with Gasteiger partial charge in [0.05, 0.1) is 10.9 Å². The number of benzene rings is 1. The fourth-order valence-electron chi connectivity index (χ4n) is 2.65. The van der Waals surface area contributed by atoms with E-state index in [0.29, 0.717) is 17.9 Å². The van der Waals surface area contributed by atoms with E-state index in [-0.39, 0.29) is 5.25 Å². The van der Waals surface area contributed by atoms with Gasteiger partial charge in [0.1, 0.15) is 0 Å². The molecule has 2 rings (SSSR count). The first-order valence-electron chi connectivity index (χ1n) is 6.93. The average Bonchev–Trinajstić information content (AvgIpc) is 2.90. The molecule has 2 N–H and O–H groups in total. The Bertz CT molecular complexity index is 522. The molecule has 0 atom stereocenters. The molecule has 1 aliphatic carbocycles. The van der Waals surface area contributed by atoms with Gasteiger partial charge < -0.3 is 5.73 Å². The van der Waals surface area contributed by atoms with Crippen LogP contribution in [0.25, 0.3) is 0 Å². The molecule has 1 aliphatic rings. The summed E-state index contributed by atoms with van der Waals surface area (Å²) in [6.07, 6.45) is 4.39. The second kappa shape index (κ2) is 5.82. The molecule has 5 heteroatoms. The zero-order valence-corrected chi connectivity index (χ0v) is 12.2. The van der Waals surface area contributed by atoms with Gasteiger partial charge in [-0.25, -0.2) is 8.42 Å². The summed E-state index contributed by atoms with van der Waals surface area (Å²) in [5, 5.41) is -0.222. The Morgan fingerprint density at radius 3 is 2.58 bits per heavy atom. The molecule has 0 aromatic heterocycles. The van der Waals surface area contributed by atoms with Crippen molar-refractivity contribution in [2.24, 2.45) is 0 Å². The molecule has 0 saturated heterocycles. The highest BCUT2D eigenvalue weighted by Crippen LogP contribution is 2.30. The summed E-state index contributed by atoms with van der Waals surface area (Å²) in [6.45, 7) is 2.51. The molecule has 1 fully saturated rings. The van der Waals surface area contributed by atoms with Gasteiger partial charge in [-0.3, -0.25) is 4.31 Å². The summed E-state index contributed by atoms with van der Waals surface area (Å²) >= 11 is 0. The highest BCUT2D eigenvalue weighted by molar-refractivity contribution is 7.93. The molecule has 0 bridgehead atoms. The Kier molecular flexibility index (Phi) is 4.34. The molecule has 1 saturated carbocycles. The van der Waals surface area contributed by atoms with Crippen LogP contribution in [-0.2, 0) is 10.0 Å². The van der Waals surface area contributed by atoms with Gasteiger partial charge >= 0.3 is 0 Å². The molecule has 1 aromatic carbocycles. The maximum Gasteiger partial charge on any atom is 0.238 e. The van der Waals surface area contributed by atoms with Crippen LogP contribution >= 0.6 is 0 Å². The minimum Gasteiger partial charge on any atom is -0.399 e. The van der Waals surface area contributed by atoms with Gasteiger partial charge in [-0.05, 0) is 37.5 Å². The molecular weight excluding hydrogens is 260 g/mol. The zero-order valence-electron chi connectivity index (χ0n) is 11.4. The zero-order chi connectivity index (χ0) is 13.9. The monoisotopic (exact) mass is 282 g/mol. The molecular formula is C14H22N2O2S. The Labute approximate surface area is 115 Å². The van der Waals surface area contributed by atoms with Gasteiger partial charge in [-0.2, -0.15) is 0 Å². The number of nitrogens with two attached hydrogens (primary N) is 1. The summed E-state index contributed by atoms with van der Waals surface area (Å²) in [5.41, 5.74) is 7.05. The SMILES string of the molecule is CCCN(c1cccc(N)c1)S(=O)(=O)C1CCCC1. The van der Waals surface area contributed by atoms with Gasteiger partial charge in [0.15, 0.2) is 0 Å². The van der Waals surface area contributed by atoms with Crippen LogP contribution < -0.4 is 10.0 Å². The smallest absolute Gasteiger partial charge is 0.238 e. The normalized spacial score (nSPS) is 16.7. The van der Waals surface area contributed by atoms with Gasteiger partial charge in [-0.15, -0.1) is 0 Å². The van der Waals surface area contributed by atoms with Crippen molar-refractivity contribution in [3.05, 3.63) is 24.3 Å². The lowest BCUT2D eigenvalue weighted by atomic mass is 10.3. The van der Waals surface area contributed by atoms with Gasteiger partial charge in [-0.1, -0.05) is 25.8 Å². The Morgan fingerprint density at radius 2 is 2.00 bits per heavy atom. The molecule has 0 amide bonds.